The number of nitrogens with one attached hydrogen (secondary N) is 1. The van der Waals surface area contributed by atoms with Crippen molar-refractivity contribution in [1.82, 2.24) is 10.2 Å². The van der Waals surface area contributed by atoms with Gasteiger partial charge in [0.15, 0.2) is 0 Å². The zero-order chi connectivity index (χ0) is 15.4. The molecule has 1 N–H and O–H groups in total. The van der Waals surface area contributed by atoms with Gasteiger partial charge in [-0.25, -0.2) is 0 Å². The maximum absolute atomic E-state index is 12.3. The highest BCUT2D eigenvalue weighted by atomic mass is 16.5. The monoisotopic (exact) mass is 284 g/mol. The highest BCUT2D eigenvalue weighted by Crippen LogP contribution is 2.29. The summed E-state index contributed by atoms with van der Waals surface area (Å²) in [7, 11) is 0. The highest BCUT2D eigenvalue weighted by molar-refractivity contribution is 5.80. The van der Waals surface area contributed by atoms with Crippen LogP contribution < -0.4 is 5.32 Å². The van der Waals surface area contributed by atoms with Crippen LogP contribution in [0.25, 0.3) is 0 Å². The molecule has 1 fully saturated rings. The van der Waals surface area contributed by atoms with Crippen molar-refractivity contribution in [3.8, 4) is 0 Å². The number of carbonyl (C=O) groups excluding carboxylic acids is 1. The van der Waals surface area contributed by atoms with Crippen molar-refractivity contribution in [1.29, 1.82) is 0 Å². The van der Waals surface area contributed by atoms with Gasteiger partial charge in [0, 0.05) is 19.1 Å². The first-order valence-corrected chi connectivity index (χ1v) is 7.86. The smallest absolute Gasteiger partial charge is 0.327 e. The van der Waals surface area contributed by atoms with Crippen molar-refractivity contribution in [2.45, 2.75) is 66.0 Å². The first-order valence-electron chi connectivity index (χ1n) is 7.86. The van der Waals surface area contributed by atoms with Crippen molar-refractivity contribution in [2.24, 2.45) is 5.41 Å². The van der Waals surface area contributed by atoms with Crippen LogP contribution in [0.3, 0.4) is 0 Å². The van der Waals surface area contributed by atoms with Gasteiger partial charge in [0.05, 0.1) is 6.61 Å². The van der Waals surface area contributed by atoms with E-state index < -0.39 is 5.54 Å². The molecular weight excluding hydrogens is 252 g/mol. The number of rotatable bonds is 6. The summed E-state index contributed by atoms with van der Waals surface area (Å²) in [6, 6.07) is 0.252. The topological polar surface area (TPSA) is 41.6 Å². The molecule has 20 heavy (non-hydrogen) atoms. The molecule has 0 bridgehead atoms. The molecule has 0 amide bonds. The third kappa shape index (κ3) is 5.06. The molecule has 118 valence electrons. The van der Waals surface area contributed by atoms with E-state index in [9.17, 15) is 4.79 Å². The molecule has 1 saturated heterocycles. The number of nitrogens with zero attached hydrogens (tertiary/aromatic N) is 1. The van der Waals surface area contributed by atoms with E-state index in [-0.39, 0.29) is 12.0 Å². The first-order chi connectivity index (χ1) is 9.18. The van der Waals surface area contributed by atoms with E-state index >= 15 is 0 Å². The van der Waals surface area contributed by atoms with Crippen molar-refractivity contribution in [2.75, 3.05) is 26.2 Å². The molecule has 0 aliphatic carbocycles. The fourth-order valence-electron chi connectivity index (χ4n) is 3.22. The number of carbonyl (C=O) groups is 1. The largest absolute Gasteiger partial charge is 0.465 e. The molecule has 1 aliphatic heterocycles. The van der Waals surface area contributed by atoms with Crippen molar-refractivity contribution in [3.63, 3.8) is 0 Å². The summed E-state index contributed by atoms with van der Waals surface area (Å²) in [5, 5.41) is 3.40. The maximum atomic E-state index is 12.3. The fourth-order valence-corrected chi connectivity index (χ4v) is 3.22. The highest BCUT2D eigenvalue weighted by Gasteiger charge is 2.39. The summed E-state index contributed by atoms with van der Waals surface area (Å²) in [6.07, 6.45) is 2.46. The molecule has 0 aromatic heterocycles. The molecule has 0 spiro atoms. The lowest BCUT2D eigenvalue weighted by molar-refractivity contribution is -0.152. The lowest BCUT2D eigenvalue weighted by atomic mass is 9.83. The molecule has 0 aromatic carbocycles. The van der Waals surface area contributed by atoms with Gasteiger partial charge in [0.2, 0.25) is 0 Å². The van der Waals surface area contributed by atoms with Crippen LogP contribution in [-0.4, -0.2) is 48.7 Å². The molecule has 1 heterocycles. The van der Waals surface area contributed by atoms with Gasteiger partial charge < -0.3 is 9.64 Å². The minimum atomic E-state index is -0.627. The molecule has 1 unspecified atom stereocenters. The number of likely N-dealkylation sites (tertiary alicyclic amines) is 1. The summed E-state index contributed by atoms with van der Waals surface area (Å²) in [5.41, 5.74) is -0.288. The maximum Gasteiger partial charge on any atom is 0.327 e. The van der Waals surface area contributed by atoms with Gasteiger partial charge in [-0.3, -0.25) is 10.1 Å². The molecule has 0 aromatic rings. The molecule has 4 nitrogen and oxygen atoms in total. The predicted molar refractivity (Wildman–Crippen MR) is 82.8 cm³/mol. The van der Waals surface area contributed by atoms with E-state index in [0.717, 1.165) is 13.1 Å². The summed E-state index contributed by atoms with van der Waals surface area (Å²) in [5.74, 6) is -0.142. The van der Waals surface area contributed by atoms with Crippen LogP contribution in [0.5, 0.6) is 0 Å². The first kappa shape index (κ1) is 17.4. The van der Waals surface area contributed by atoms with Gasteiger partial charge in [-0.05, 0) is 52.5 Å². The summed E-state index contributed by atoms with van der Waals surface area (Å²) in [6.45, 7) is 15.8. The van der Waals surface area contributed by atoms with E-state index in [1.165, 1.54) is 12.8 Å². The Balaban J connectivity index is 2.76. The Morgan fingerprint density at radius 3 is 2.60 bits per heavy atom. The second kappa shape index (κ2) is 6.90. The number of esters is 1. The zero-order valence-electron chi connectivity index (χ0n) is 14.1. The van der Waals surface area contributed by atoms with Crippen LogP contribution in [0.15, 0.2) is 0 Å². The van der Waals surface area contributed by atoms with Crippen LogP contribution >= 0.6 is 0 Å². The van der Waals surface area contributed by atoms with Gasteiger partial charge in [-0.2, -0.15) is 0 Å². The van der Waals surface area contributed by atoms with Crippen molar-refractivity contribution in [3.05, 3.63) is 0 Å². The van der Waals surface area contributed by atoms with Crippen molar-refractivity contribution < 1.29 is 9.53 Å². The number of ether oxygens (including phenoxy) is 1. The van der Waals surface area contributed by atoms with E-state index in [4.69, 9.17) is 4.74 Å². The lowest BCUT2D eigenvalue weighted by Crippen LogP contribution is -2.61. The minimum absolute atomic E-state index is 0.142. The average Bonchev–Trinajstić information content (AvgIpc) is 2.26. The molecule has 1 rings (SSSR count). The Hall–Kier alpha value is -0.610. The van der Waals surface area contributed by atoms with Crippen LogP contribution in [0.4, 0.5) is 0 Å². The molecule has 0 radical (unpaired) electrons. The molecular formula is C16H32N2O2. The standard InChI is InChI=1S/C16H32N2O2/c1-7-20-14(19)16(6,17-13(2)3)12-18-10-8-9-15(4,5)11-18/h13,17H,7-12H2,1-6H3. The second-order valence-corrected chi connectivity index (χ2v) is 7.33. The summed E-state index contributed by atoms with van der Waals surface area (Å²) >= 11 is 0. The predicted octanol–water partition coefficient (Wildman–Crippen LogP) is 2.43. The Labute approximate surface area is 124 Å². The Morgan fingerprint density at radius 1 is 1.45 bits per heavy atom. The average molecular weight is 284 g/mol. The van der Waals surface area contributed by atoms with Gasteiger partial charge >= 0.3 is 5.97 Å². The zero-order valence-corrected chi connectivity index (χ0v) is 14.1. The van der Waals surface area contributed by atoms with Crippen LogP contribution in [-0.2, 0) is 9.53 Å². The van der Waals surface area contributed by atoms with Crippen LogP contribution in [0, 0.1) is 5.41 Å². The van der Waals surface area contributed by atoms with Gasteiger partial charge in [-0.1, -0.05) is 13.8 Å². The quantitative estimate of drug-likeness (QED) is 0.761. The number of piperidine rings is 1. The summed E-state index contributed by atoms with van der Waals surface area (Å²) < 4.78 is 5.27. The minimum Gasteiger partial charge on any atom is -0.465 e. The summed E-state index contributed by atoms with van der Waals surface area (Å²) in [4.78, 5) is 14.7. The normalized spacial score (nSPS) is 22.6. The van der Waals surface area contributed by atoms with E-state index in [0.29, 0.717) is 18.6 Å². The molecule has 1 aliphatic rings. The van der Waals surface area contributed by atoms with E-state index in [1.807, 2.05) is 13.8 Å². The Bertz CT molecular complexity index is 328. The molecule has 0 saturated carbocycles. The lowest BCUT2D eigenvalue weighted by Gasteiger charge is -2.42. The van der Waals surface area contributed by atoms with Gasteiger partial charge in [-0.15, -0.1) is 0 Å². The number of hydrogen-bond donors (Lipinski definition) is 1. The number of hydrogen-bond acceptors (Lipinski definition) is 4. The van der Waals surface area contributed by atoms with Gasteiger partial charge in [0.1, 0.15) is 5.54 Å². The van der Waals surface area contributed by atoms with E-state index in [2.05, 4.69) is 37.9 Å². The van der Waals surface area contributed by atoms with E-state index in [1.54, 1.807) is 0 Å². The Morgan fingerprint density at radius 2 is 2.10 bits per heavy atom. The fraction of sp³-hybridized carbons (Fsp3) is 0.938. The third-order valence-electron chi connectivity index (χ3n) is 3.85. The Kier molecular flexibility index (Phi) is 6.02. The van der Waals surface area contributed by atoms with Crippen LogP contribution in [0.2, 0.25) is 0 Å². The third-order valence-corrected chi connectivity index (χ3v) is 3.85. The van der Waals surface area contributed by atoms with Gasteiger partial charge in [0.25, 0.3) is 0 Å². The molecule has 4 heteroatoms. The van der Waals surface area contributed by atoms with Crippen LogP contribution in [0.1, 0.15) is 54.4 Å². The second-order valence-electron chi connectivity index (χ2n) is 7.33. The molecule has 1 atom stereocenters. The van der Waals surface area contributed by atoms with Crippen molar-refractivity contribution >= 4 is 5.97 Å². The SMILES string of the molecule is CCOC(=O)C(C)(CN1CCCC(C)(C)C1)NC(C)C.